The average molecular weight is 391 g/mol. The van der Waals surface area contributed by atoms with E-state index in [1.54, 1.807) is 0 Å². The van der Waals surface area contributed by atoms with E-state index in [0.29, 0.717) is 18.2 Å². The minimum Gasteiger partial charge on any atom is -0.381 e. The van der Waals surface area contributed by atoms with E-state index in [2.05, 4.69) is 33.8 Å². The molecule has 0 N–H and O–H groups in total. The molecule has 0 radical (unpaired) electrons. The molecule has 3 aliphatic heterocycles. The van der Waals surface area contributed by atoms with Crippen LogP contribution < -0.4 is 4.90 Å². The van der Waals surface area contributed by atoms with E-state index in [1.807, 2.05) is 12.3 Å². The summed E-state index contributed by atoms with van der Waals surface area (Å²) in [5.74, 6) is 0.797. The minimum atomic E-state index is 0.300. The molecule has 6 rings (SSSR count). The van der Waals surface area contributed by atoms with Crippen molar-refractivity contribution in [2.45, 2.75) is 43.9 Å². The molecule has 7 heteroatoms. The van der Waals surface area contributed by atoms with Crippen LogP contribution in [0.15, 0.2) is 36.5 Å². The molecule has 0 spiro atoms. The summed E-state index contributed by atoms with van der Waals surface area (Å²) >= 11 is 0. The second-order valence-corrected chi connectivity index (χ2v) is 8.27. The smallest absolute Gasteiger partial charge is 0.228 e. The number of hydrogen-bond acceptors (Lipinski definition) is 6. The molecule has 29 heavy (non-hydrogen) atoms. The minimum absolute atomic E-state index is 0.300. The van der Waals surface area contributed by atoms with Gasteiger partial charge in [-0.2, -0.15) is 10.1 Å². The Morgan fingerprint density at radius 2 is 1.66 bits per heavy atom. The van der Waals surface area contributed by atoms with Crippen LogP contribution in [0.5, 0.6) is 0 Å². The Kier molecular flexibility index (Phi) is 4.23. The molecule has 3 aliphatic rings. The van der Waals surface area contributed by atoms with Crippen LogP contribution in [0.1, 0.15) is 31.7 Å². The van der Waals surface area contributed by atoms with Crippen molar-refractivity contribution in [3.8, 4) is 11.3 Å². The van der Waals surface area contributed by atoms with Gasteiger partial charge in [-0.05, 0) is 25.7 Å². The van der Waals surface area contributed by atoms with Crippen molar-refractivity contribution in [3.63, 3.8) is 0 Å². The fraction of sp³-hybridized carbons (Fsp3) is 0.500. The van der Waals surface area contributed by atoms with Crippen molar-refractivity contribution < 1.29 is 9.47 Å². The second-order valence-electron chi connectivity index (χ2n) is 8.27. The third-order valence-electron chi connectivity index (χ3n) is 6.35. The maximum atomic E-state index is 6.03. The Morgan fingerprint density at radius 3 is 2.41 bits per heavy atom. The molecular weight excluding hydrogens is 366 g/mol. The summed E-state index contributed by atoms with van der Waals surface area (Å²) in [6.07, 6.45) is 6.74. The predicted octanol–water partition coefficient (Wildman–Crippen LogP) is 3.21. The maximum absolute atomic E-state index is 6.03. The van der Waals surface area contributed by atoms with Gasteiger partial charge in [-0.1, -0.05) is 30.3 Å². The molecule has 1 aromatic carbocycles. The standard InChI is InChI=1S/C22H25N5O2/c1-2-4-15(5-3-1)20-19-12-23-27(16-8-10-28-11-9-16)21(19)25-22(24-20)26-13-17-6-7-18(14-26)29-17/h1-5,12,16-18H,6-11,13-14H2. The third-order valence-corrected chi connectivity index (χ3v) is 6.35. The highest BCUT2D eigenvalue weighted by atomic mass is 16.5. The van der Waals surface area contributed by atoms with E-state index in [4.69, 9.17) is 24.5 Å². The number of nitrogens with zero attached hydrogens (tertiary/aromatic N) is 5. The summed E-state index contributed by atoms with van der Waals surface area (Å²) in [6.45, 7) is 3.29. The van der Waals surface area contributed by atoms with Gasteiger partial charge >= 0.3 is 0 Å². The zero-order valence-electron chi connectivity index (χ0n) is 16.4. The first-order valence-corrected chi connectivity index (χ1v) is 10.6. The van der Waals surface area contributed by atoms with Gasteiger partial charge in [0.05, 0.1) is 35.5 Å². The van der Waals surface area contributed by atoms with E-state index >= 15 is 0 Å². The monoisotopic (exact) mass is 391 g/mol. The lowest BCUT2D eigenvalue weighted by Crippen LogP contribution is -2.43. The molecule has 2 aromatic heterocycles. The van der Waals surface area contributed by atoms with Gasteiger partial charge in [0.25, 0.3) is 0 Å². The first kappa shape index (κ1) is 17.4. The van der Waals surface area contributed by atoms with Crippen molar-refractivity contribution in [2.24, 2.45) is 0 Å². The summed E-state index contributed by atoms with van der Waals surface area (Å²) < 4.78 is 13.7. The maximum Gasteiger partial charge on any atom is 0.228 e. The number of rotatable bonds is 3. The normalized spacial score (nSPS) is 25.0. The van der Waals surface area contributed by atoms with Crippen LogP contribution in [-0.4, -0.2) is 58.3 Å². The van der Waals surface area contributed by atoms with Crippen LogP contribution in [0, 0.1) is 0 Å². The number of anilines is 1. The first-order chi connectivity index (χ1) is 14.3. The largest absolute Gasteiger partial charge is 0.381 e. The number of hydrogen-bond donors (Lipinski definition) is 0. The van der Waals surface area contributed by atoms with Gasteiger partial charge in [0.1, 0.15) is 0 Å². The molecule has 3 aromatic rings. The quantitative estimate of drug-likeness (QED) is 0.683. The summed E-state index contributed by atoms with van der Waals surface area (Å²) in [5, 5.41) is 5.77. The second kappa shape index (κ2) is 7.07. The van der Waals surface area contributed by atoms with Gasteiger partial charge in [0, 0.05) is 31.9 Å². The molecule has 2 unspecified atom stereocenters. The van der Waals surface area contributed by atoms with Gasteiger partial charge in [0.15, 0.2) is 5.65 Å². The number of ether oxygens (including phenoxy) is 2. The molecule has 3 saturated heterocycles. The van der Waals surface area contributed by atoms with Gasteiger partial charge in [-0.25, -0.2) is 9.67 Å². The molecule has 7 nitrogen and oxygen atoms in total. The van der Waals surface area contributed by atoms with Crippen LogP contribution in [0.25, 0.3) is 22.3 Å². The van der Waals surface area contributed by atoms with E-state index < -0.39 is 0 Å². The lowest BCUT2D eigenvalue weighted by Gasteiger charge is -2.32. The fourth-order valence-electron chi connectivity index (χ4n) is 4.85. The van der Waals surface area contributed by atoms with Crippen LogP contribution in [0.2, 0.25) is 0 Å². The first-order valence-electron chi connectivity index (χ1n) is 10.6. The van der Waals surface area contributed by atoms with Crippen LogP contribution >= 0.6 is 0 Å². The molecule has 5 heterocycles. The SMILES string of the molecule is c1ccc(-c2nc(N3CC4CCC(C3)O4)nc3c2cnn3C2CCOCC2)cc1. The van der Waals surface area contributed by atoms with Gasteiger partial charge in [0.2, 0.25) is 5.95 Å². The molecule has 0 amide bonds. The summed E-state index contributed by atoms with van der Waals surface area (Å²) in [4.78, 5) is 12.4. The molecule has 0 aliphatic carbocycles. The Balaban J connectivity index is 1.49. The van der Waals surface area contributed by atoms with E-state index in [0.717, 1.165) is 80.2 Å². The van der Waals surface area contributed by atoms with E-state index in [9.17, 15) is 0 Å². The Bertz CT molecular complexity index is 1000. The van der Waals surface area contributed by atoms with Crippen LogP contribution in [0.3, 0.4) is 0 Å². The lowest BCUT2D eigenvalue weighted by molar-refractivity contribution is 0.0299. The van der Waals surface area contributed by atoms with Crippen molar-refractivity contribution in [3.05, 3.63) is 36.5 Å². The summed E-state index contributed by atoms with van der Waals surface area (Å²) in [6, 6.07) is 10.7. The fourth-order valence-corrected chi connectivity index (χ4v) is 4.85. The summed E-state index contributed by atoms with van der Waals surface area (Å²) in [7, 11) is 0. The number of morpholine rings is 1. The Hall–Kier alpha value is -2.51. The predicted molar refractivity (Wildman–Crippen MR) is 110 cm³/mol. The zero-order chi connectivity index (χ0) is 19.2. The number of aromatic nitrogens is 4. The molecule has 3 fully saturated rings. The lowest BCUT2D eigenvalue weighted by atomic mass is 10.1. The van der Waals surface area contributed by atoms with Crippen molar-refractivity contribution in [1.29, 1.82) is 0 Å². The van der Waals surface area contributed by atoms with Gasteiger partial charge < -0.3 is 14.4 Å². The summed E-state index contributed by atoms with van der Waals surface area (Å²) in [5.41, 5.74) is 2.99. The van der Waals surface area contributed by atoms with Crippen LogP contribution in [0.4, 0.5) is 5.95 Å². The van der Waals surface area contributed by atoms with Crippen molar-refractivity contribution in [2.75, 3.05) is 31.2 Å². The highest BCUT2D eigenvalue weighted by molar-refractivity contribution is 5.91. The topological polar surface area (TPSA) is 65.3 Å². The van der Waals surface area contributed by atoms with Gasteiger partial charge in [-0.15, -0.1) is 0 Å². The van der Waals surface area contributed by atoms with Crippen LogP contribution in [-0.2, 0) is 9.47 Å². The third kappa shape index (κ3) is 3.09. The average Bonchev–Trinajstić information content (AvgIpc) is 3.36. The van der Waals surface area contributed by atoms with Gasteiger partial charge in [-0.3, -0.25) is 0 Å². The molecule has 2 atom stereocenters. The molecule has 150 valence electrons. The Labute approximate surface area is 169 Å². The molecule has 0 saturated carbocycles. The number of fused-ring (bicyclic) bond motifs is 3. The molecule has 2 bridgehead atoms. The molecular formula is C22H25N5O2. The number of benzene rings is 1. The highest BCUT2D eigenvalue weighted by Crippen LogP contribution is 2.34. The van der Waals surface area contributed by atoms with Crippen molar-refractivity contribution in [1.82, 2.24) is 19.7 Å². The zero-order valence-corrected chi connectivity index (χ0v) is 16.4. The van der Waals surface area contributed by atoms with E-state index in [-0.39, 0.29) is 0 Å². The van der Waals surface area contributed by atoms with E-state index in [1.165, 1.54) is 0 Å². The highest BCUT2D eigenvalue weighted by Gasteiger charge is 2.35. The Morgan fingerprint density at radius 1 is 0.897 bits per heavy atom. The van der Waals surface area contributed by atoms with Crippen molar-refractivity contribution >= 4 is 17.0 Å².